The zero-order valence-corrected chi connectivity index (χ0v) is 12.2. The maximum atomic E-state index is 12.2. The van der Waals surface area contributed by atoms with E-state index in [4.69, 9.17) is 0 Å². The molecule has 0 aromatic heterocycles. The number of likely N-dealkylation sites (tertiary alicyclic amines) is 1. The summed E-state index contributed by atoms with van der Waals surface area (Å²) in [7, 11) is 0. The Balaban J connectivity index is 0.00000220. The molecule has 1 atom stereocenters. The first-order valence-corrected chi connectivity index (χ1v) is 6.71. The van der Waals surface area contributed by atoms with E-state index in [9.17, 15) is 22.8 Å². The lowest BCUT2D eigenvalue weighted by molar-refractivity contribution is -0.158. The lowest BCUT2D eigenvalue weighted by atomic mass is 10.2. The molecule has 1 aliphatic carbocycles. The molecule has 21 heavy (non-hydrogen) atoms. The standard InChI is InChI=1S/C12H18F3N3O2.ClH/c13-12(14,15)7-18-4-3-9(11(18)20)17-10(19)6-16-5-8-1-2-8;/h8-9,16H,1-7H2,(H,17,19);1H. The molecule has 0 aromatic rings. The van der Waals surface area contributed by atoms with Crippen LogP contribution in [0.15, 0.2) is 0 Å². The molecule has 0 radical (unpaired) electrons. The number of nitrogens with zero attached hydrogens (tertiary/aromatic N) is 1. The molecule has 2 rings (SSSR count). The number of amides is 2. The number of hydrogen-bond donors (Lipinski definition) is 2. The van der Waals surface area contributed by atoms with Crippen LogP contribution in [0, 0.1) is 5.92 Å². The van der Waals surface area contributed by atoms with Gasteiger partial charge in [0.1, 0.15) is 12.6 Å². The van der Waals surface area contributed by atoms with Gasteiger partial charge < -0.3 is 15.5 Å². The van der Waals surface area contributed by atoms with Gasteiger partial charge in [0.15, 0.2) is 0 Å². The van der Waals surface area contributed by atoms with Crippen LogP contribution in [-0.4, -0.2) is 55.1 Å². The molecule has 2 N–H and O–H groups in total. The van der Waals surface area contributed by atoms with Gasteiger partial charge in [-0.2, -0.15) is 13.2 Å². The van der Waals surface area contributed by atoms with E-state index in [1.165, 1.54) is 12.8 Å². The Hall–Kier alpha value is -1.02. The van der Waals surface area contributed by atoms with Crippen LogP contribution < -0.4 is 10.6 Å². The molecule has 1 saturated heterocycles. The van der Waals surface area contributed by atoms with Crippen molar-refractivity contribution in [2.45, 2.75) is 31.5 Å². The summed E-state index contributed by atoms with van der Waals surface area (Å²) in [4.78, 5) is 24.0. The van der Waals surface area contributed by atoms with Crippen molar-refractivity contribution >= 4 is 24.2 Å². The number of carbonyl (C=O) groups is 2. The van der Waals surface area contributed by atoms with E-state index >= 15 is 0 Å². The lowest BCUT2D eigenvalue weighted by Crippen LogP contribution is -2.46. The third kappa shape index (κ3) is 6.09. The van der Waals surface area contributed by atoms with E-state index in [2.05, 4.69) is 10.6 Å². The van der Waals surface area contributed by atoms with Crippen LogP contribution in [0.2, 0.25) is 0 Å². The molecule has 1 saturated carbocycles. The minimum atomic E-state index is -4.40. The van der Waals surface area contributed by atoms with Gasteiger partial charge >= 0.3 is 6.18 Å². The van der Waals surface area contributed by atoms with E-state index in [1.807, 2.05) is 0 Å². The third-order valence-corrected chi connectivity index (χ3v) is 3.42. The Morgan fingerprint density at radius 3 is 2.52 bits per heavy atom. The molecule has 1 heterocycles. The topological polar surface area (TPSA) is 61.4 Å². The molecule has 1 aliphatic heterocycles. The van der Waals surface area contributed by atoms with Crippen molar-refractivity contribution < 1.29 is 22.8 Å². The number of rotatable bonds is 6. The van der Waals surface area contributed by atoms with Crippen LogP contribution in [0.3, 0.4) is 0 Å². The van der Waals surface area contributed by atoms with Gasteiger partial charge in [0, 0.05) is 6.54 Å². The molecular formula is C12H19ClF3N3O2. The zero-order chi connectivity index (χ0) is 14.8. The van der Waals surface area contributed by atoms with E-state index in [-0.39, 0.29) is 37.8 Å². The minimum Gasteiger partial charge on any atom is -0.343 e. The summed E-state index contributed by atoms with van der Waals surface area (Å²) in [5.74, 6) is -0.367. The molecule has 122 valence electrons. The molecule has 0 aromatic carbocycles. The second-order valence-corrected chi connectivity index (χ2v) is 5.36. The maximum Gasteiger partial charge on any atom is 0.406 e. The highest BCUT2D eigenvalue weighted by Crippen LogP contribution is 2.27. The number of alkyl halides is 3. The first-order valence-electron chi connectivity index (χ1n) is 6.71. The molecular weight excluding hydrogens is 311 g/mol. The number of hydrogen-bond acceptors (Lipinski definition) is 3. The number of halogens is 4. The van der Waals surface area contributed by atoms with Crippen LogP contribution >= 0.6 is 12.4 Å². The van der Waals surface area contributed by atoms with Gasteiger partial charge in [-0.25, -0.2) is 0 Å². The van der Waals surface area contributed by atoms with Crippen molar-refractivity contribution in [2.75, 3.05) is 26.2 Å². The summed E-state index contributed by atoms with van der Waals surface area (Å²) in [5.41, 5.74) is 0. The highest BCUT2D eigenvalue weighted by atomic mass is 35.5. The van der Waals surface area contributed by atoms with Gasteiger partial charge in [0.05, 0.1) is 6.54 Å². The number of nitrogens with one attached hydrogen (secondary N) is 2. The van der Waals surface area contributed by atoms with Crippen LogP contribution in [0.25, 0.3) is 0 Å². The molecule has 0 bridgehead atoms. The molecule has 2 amide bonds. The average molecular weight is 330 g/mol. The fraction of sp³-hybridized carbons (Fsp3) is 0.833. The molecule has 1 unspecified atom stereocenters. The van der Waals surface area contributed by atoms with Crippen LogP contribution in [0.4, 0.5) is 13.2 Å². The SMILES string of the molecule is Cl.O=C(CNCC1CC1)NC1CCN(CC(F)(F)F)C1=O. The molecule has 0 spiro atoms. The van der Waals surface area contributed by atoms with E-state index in [0.717, 1.165) is 11.4 Å². The second kappa shape index (κ2) is 7.31. The highest BCUT2D eigenvalue weighted by molar-refractivity contribution is 5.89. The Labute approximate surface area is 127 Å². The Morgan fingerprint density at radius 2 is 1.95 bits per heavy atom. The van der Waals surface area contributed by atoms with E-state index in [1.54, 1.807) is 0 Å². The summed E-state index contributed by atoms with van der Waals surface area (Å²) in [5, 5.41) is 5.45. The first kappa shape index (κ1) is 18.0. The van der Waals surface area contributed by atoms with Gasteiger partial charge in [-0.3, -0.25) is 9.59 Å². The number of carbonyl (C=O) groups excluding carboxylic acids is 2. The van der Waals surface area contributed by atoms with Crippen molar-refractivity contribution in [1.29, 1.82) is 0 Å². The fourth-order valence-corrected chi connectivity index (χ4v) is 2.20. The van der Waals surface area contributed by atoms with Crippen molar-refractivity contribution in [3.05, 3.63) is 0 Å². The summed E-state index contributed by atoms with van der Waals surface area (Å²) in [6.07, 6.45) is -1.84. The largest absolute Gasteiger partial charge is 0.406 e. The maximum absolute atomic E-state index is 12.2. The van der Waals surface area contributed by atoms with Crippen molar-refractivity contribution in [2.24, 2.45) is 5.92 Å². The normalized spacial score (nSPS) is 22.1. The van der Waals surface area contributed by atoms with Gasteiger partial charge in [-0.05, 0) is 31.7 Å². The average Bonchev–Trinajstić information content (AvgIpc) is 3.09. The first-order chi connectivity index (χ1) is 9.35. The third-order valence-electron chi connectivity index (χ3n) is 3.42. The van der Waals surface area contributed by atoms with Crippen LogP contribution in [-0.2, 0) is 9.59 Å². The fourth-order valence-electron chi connectivity index (χ4n) is 2.20. The van der Waals surface area contributed by atoms with Crippen molar-refractivity contribution in [3.8, 4) is 0 Å². The molecule has 9 heteroatoms. The van der Waals surface area contributed by atoms with E-state index in [0.29, 0.717) is 5.92 Å². The Bertz CT molecular complexity index is 388. The van der Waals surface area contributed by atoms with E-state index < -0.39 is 24.7 Å². The Morgan fingerprint density at radius 1 is 1.29 bits per heavy atom. The van der Waals surface area contributed by atoms with Gasteiger partial charge in [0.25, 0.3) is 0 Å². The zero-order valence-electron chi connectivity index (χ0n) is 11.4. The Kier molecular flexibility index (Phi) is 6.27. The smallest absolute Gasteiger partial charge is 0.343 e. The van der Waals surface area contributed by atoms with Crippen LogP contribution in [0.5, 0.6) is 0 Å². The summed E-state index contributed by atoms with van der Waals surface area (Å²) < 4.78 is 36.7. The molecule has 2 fully saturated rings. The van der Waals surface area contributed by atoms with Gasteiger partial charge in [-0.15, -0.1) is 12.4 Å². The van der Waals surface area contributed by atoms with Gasteiger partial charge in [-0.1, -0.05) is 0 Å². The van der Waals surface area contributed by atoms with Crippen molar-refractivity contribution in [1.82, 2.24) is 15.5 Å². The molecule has 5 nitrogen and oxygen atoms in total. The molecule has 2 aliphatic rings. The summed E-state index contributed by atoms with van der Waals surface area (Å²) >= 11 is 0. The van der Waals surface area contributed by atoms with Gasteiger partial charge in [0.2, 0.25) is 11.8 Å². The summed E-state index contributed by atoms with van der Waals surface area (Å²) in [6.45, 7) is -0.358. The minimum absolute atomic E-state index is 0. The predicted molar refractivity (Wildman–Crippen MR) is 72.0 cm³/mol. The summed E-state index contributed by atoms with van der Waals surface area (Å²) in [6, 6.07) is -0.826. The van der Waals surface area contributed by atoms with Crippen molar-refractivity contribution in [3.63, 3.8) is 0 Å². The second-order valence-electron chi connectivity index (χ2n) is 5.36. The highest BCUT2D eigenvalue weighted by Gasteiger charge is 2.39. The quantitative estimate of drug-likeness (QED) is 0.753. The monoisotopic (exact) mass is 329 g/mol. The van der Waals surface area contributed by atoms with Crippen LogP contribution in [0.1, 0.15) is 19.3 Å². The lowest BCUT2D eigenvalue weighted by Gasteiger charge is -2.18. The predicted octanol–water partition coefficient (Wildman–Crippen LogP) is 0.687.